The van der Waals surface area contributed by atoms with E-state index in [1.807, 2.05) is 6.07 Å². The largest absolute Gasteiger partial charge is 0.495 e. The van der Waals surface area contributed by atoms with Crippen molar-refractivity contribution in [1.29, 1.82) is 0 Å². The van der Waals surface area contributed by atoms with Crippen molar-refractivity contribution in [3.05, 3.63) is 60.3 Å². The maximum absolute atomic E-state index is 12.8. The summed E-state index contributed by atoms with van der Waals surface area (Å²) < 4.78 is 5.29. The molecule has 28 heavy (non-hydrogen) atoms. The zero-order chi connectivity index (χ0) is 20.1. The van der Waals surface area contributed by atoms with Crippen molar-refractivity contribution in [3.63, 3.8) is 0 Å². The first-order chi connectivity index (χ1) is 13.5. The number of pyridine rings is 1. The van der Waals surface area contributed by atoms with Crippen LogP contribution in [0.2, 0.25) is 0 Å². The summed E-state index contributed by atoms with van der Waals surface area (Å²) in [6, 6.07) is 8.59. The second-order valence-corrected chi connectivity index (χ2v) is 5.98. The molecule has 2 heterocycles. The normalized spacial score (nSPS) is 10.2. The van der Waals surface area contributed by atoms with Crippen LogP contribution in [0.4, 0.5) is 11.4 Å². The Morgan fingerprint density at radius 1 is 1.14 bits per heavy atom. The third-order valence-corrected chi connectivity index (χ3v) is 3.90. The first-order valence-electron chi connectivity index (χ1n) is 8.49. The molecule has 0 spiro atoms. The molecule has 0 saturated heterocycles. The molecule has 8 heteroatoms. The molecule has 148 valence electrons. The smallest absolute Gasteiger partial charge is 0.276 e. The van der Waals surface area contributed by atoms with Gasteiger partial charge in [-0.15, -0.1) is 0 Å². The highest BCUT2D eigenvalue weighted by atomic mass is 16.5. The van der Waals surface area contributed by atoms with Gasteiger partial charge in [0.2, 0.25) is 5.91 Å². The fourth-order valence-corrected chi connectivity index (χ4v) is 2.59. The minimum absolute atomic E-state index is 0. The number of anilines is 2. The van der Waals surface area contributed by atoms with Crippen molar-refractivity contribution in [2.45, 2.75) is 13.8 Å². The van der Waals surface area contributed by atoms with E-state index in [0.717, 1.165) is 5.56 Å². The molecule has 0 aliphatic carbocycles. The average Bonchev–Trinajstić information content (AvgIpc) is 2.68. The monoisotopic (exact) mass is 383 g/mol. The predicted molar refractivity (Wildman–Crippen MR) is 112 cm³/mol. The van der Waals surface area contributed by atoms with E-state index in [1.165, 1.54) is 14.0 Å². The molecular weight excluding hydrogens is 358 g/mol. The molecule has 3 aromatic rings. The van der Waals surface area contributed by atoms with Crippen LogP contribution < -0.4 is 15.4 Å². The first-order valence-corrected chi connectivity index (χ1v) is 8.49. The summed E-state index contributed by atoms with van der Waals surface area (Å²) >= 11 is 0. The second-order valence-electron chi connectivity index (χ2n) is 5.98. The topological polar surface area (TPSA) is 106 Å². The van der Waals surface area contributed by atoms with Gasteiger partial charge in [-0.05, 0) is 37.3 Å². The van der Waals surface area contributed by atoms with E-state index < -0.39 is 5.91 Å². The number of aryl methyl sites for hydroxylation is 1. The summed E-state index contributed by atoms with van der Waals surface area (Å²) in [5.41, 5.74) is 2.93. The molecule has 2 amide bonds. The van der Waals surface area contributed by atoms with Crippen LogP contribution in [0.5, 0.6) is 5.75 Å². The number of methoxy groups -OCH3 is 1. The number of ether oxygens (including phenoxy) is 1. The molecular formula is C20H25N5O3. The molecule has 0 fully saturated rings. The molecule has 8 nitrogen and oxygen atoms in total. The van der Waals surface area contributed by atoms with Gasteiger partial charge in [-0.1, -0.05) is 0 Å². The van der Waals surface area contributed by atoms with Crippen molar-refractivity contribution in [2.24, 2.45) is 0 Å². The Morgan fingerprint density at radius 2 is 1.96 bits per heavy atom. The molecule has 2 aromatic heterocycles. The van der Waals surface area contributed by atoms with Crippen molar-refractivity contribution >= 4 is 23.2 Å². The van der Waals surface area contributed by atoms with E-state index in [2.05, 4.69) is 25.6 Å². The highest BCUT2D eigenvalue weighted by Gasteiger charge is 2.16. The van der Waals surface area contributed by atoms with E-state index in [1.54, 1.807) is 49.8 Å². The number of carbonyl (C=O) groups is 2. The van der Waals surface area contributed by atoms with E-state index in [9.17, 15) is 9.59 Å². The van der Waals surface area contributed by atoms with Gasteiger partial charge in [0.1, 0.15) is 11.4 Å². The molecule has 0 aliphatic rings. The van der Waals surface area contributed by atoms with Crippen LogP contribution in [0.1, 0.15) is 27.4 Å². The quantitative estimate of drug-likeness (QED) is 0.694. The van der Waals surface area contributed by atoms with Crippen molar-refractivity contribution in [3.8, 4) is 17.0 Å². The summed E-state index contributed by atoms with van der Waals surface area (Å²) in [6.07, 6.45) is 4.91. The zero-order valence-electron chi connectivity index (χ0n) is 15.7. The van der Waals surface area contributed by atoms with Gasteiger partial charge in [0.15, 0.2) is 0 Å². The standard InChI is InChI=1S/C20H19N5O3.3H2/c1-12-19(24-17(11-22-12)14-5-4-8-21-10-14)20(27)25-16-9-15(23-13(2)26)6-7-18(16)28-3;;;/h4-11H,1-3H3,(H,23,26)(H,25,27);3*1H. The maximum atomic E-state index is 12.8. The van der Waals surface area contributed by atoms with Gasteiger partial charge in [-0.2, -0.15) is 0 Å². The van der Waals surface area contributed by atoms with Gasteiger partial charge in [0, 0.05) is 34.8 Å². The van der Waals surface area contributed by atoms with Crippen LogP contribution in [0, 0.1) is 6.92 Å². The van der Waals surface area contributed by atoms with Gasteiger partial charge >= 0.3 is 0 Å². The van der Waals surface area contributed by atoms with Crippen molar-refractivity contribution in [1.82, 2.24) is 15.0 Å². The molecule has 0 radical (unpaired) electrons. The molecule has 3 rings (SSSR count). The average molecular weight is 383 g/mol. The highest BCUT2D eigenvalue weighted by Crippen LogP contribution is 2.28. The number of benzene rings is 1. The number of carbonyl (C=O) groups excluding carboxylic acids is 2. The van der Waals surface area contributed by atoms with Crippen LogP contribution >= 0.6 is 0 Å². The number of hydrogen-bond donors (Lipinski definition) is 2. The molecule has 0 aliphatic heterocycles. The zero-order valence-corrected chi connectivity index (χ0v) is 15.7. The lowest BCUT2D eigenvalue weighted by Gasteiger charge is -2.13. The van der Waals surface area contributed by atoms with E-state index in [-0.39, 0.29) is 15.9 Å². The number of amides is 2. The van der Waals surface area contributed by atoms with Crippen molar-refractivity contribution < 1.29 is 18.6 Å². The Morgan fingerprint density at radius 3 is 2.64 bits per heavy atom. The van der Waals surface area contributed by atoms with Gasteiger partial charge in [-0.3, -0.25) is 19.6 Å². The van der Waals surface area contributed by atoms with Gasteiger partial charge in [0.25, 0.3) is 5.91 Å². The minimum Gasteiger partial charge on any atom is -0.495 e. The SMILES string of the molecule is COc1ccc(NC(C)=O)cc1NC(=O)c1nc(-c2cccnc2)cnc1C.[HH].[HH].[HH]. The molecule has 0 atom stereocenters. The Balaban J connectivity index is 0.00000300. The molecule has 2 N–H and O–H groups in total. The molecule has 0 unspecified atom stereocenters. The first kappa shape index (κ1) is 19.0. The highest BCUT2D eigenvalue weighted by molar-refractivity contribution is 6.05. The number of nitrogens with one attached hydrogen (secondary N) is 2. The number of aromatic nitrogens is 3. The lowest BCUT2D eigenvalue weighted by Crippen LogP contribution is -2.17. The van der Waals surface area contributed by atoms with E-state index >= 15 is 0 Å². The summed E-state index contributed by atoms with van der Waals surface area (Å²) in [5.74, 6) is -0.196. The lowest BCUT2D eigenvalue weighted by molar-refractivity contribution is -0.114. The maximum Gasteiger partial charge on any atom is 0.276 e. The van der Waals surface area contributed by atoms with E-state index in [4.69, 9.17) is 4.74 Å². The third kappa shape index (κ3) is 4.29. The van der Waals surface area contributed by atoms with Crippen LogP contribution in [-0.4, -0.2) is 33.9 Å². The molecule has 1 aromatic carbocycles. The van der Waals surface area contributed by atoms with Gasteiger partial charge < -0.3 is 15.4 Å². The Hall–Kier alpha value is -3.81. The fraction of sp³-hybridized carbons (Fsp3) is 0.150. The van der Waals surface area contributed by atoms with Crippen LogP contribution in [0.3, 0.4) is 0 Å². The van der Waals surface area contributed by atoms with Crippen molar-refractivity contribution in [2.75, 3.05) is 17.7 Å². The number of nitrogens with zero attached hydrogens (tertiary/aromatic N) is 3. The summed E-state index contributed by atoms with van der Waals surface area (Å²) in [7, 11) is 1.50. The summed E-state index contributed by atoms with van der Waals surface area (Å²) in [4.78, 5) is 36.9. The summed E-state index contributed by atoms with van der Waals surface area (Å²) in [5, 5.41) is 5.45. The van der Waals surface area contributed by atoms with Gasteiger partial charge in [-0.25, -0.2) is 4.98 Å². The molecule has 0 bridgehead atoms. The Kier molecular flexibility index (Phi) is 5.59. The van der Waals surface area contributed by atoms with Crippen LogP contribution in [0.15, 0.2) is 48.9 Å². The number of hydrogen-bond acceptors (Lipinski definition) is 6. The lowest BCUT2D eigenvalue weighted by atomic mass is 10.2. The Labute approximate surface area is 166 Å². The number of rotatable bonds is 5. The van der Waals surface area contributed by atoms with Crippen LogP contribution in [-0.2, 0) is 4.79 Å². The fourth-order valence-electron chi connectivity index (χ4n) is 2.59. The molecule has 0 saturated carbocycles. The summed E-state index contributed by atoms with van der Waals surface area (Å²) in [6.45, 7) is 3.12. The predicted octanol–water partition coefficient (Wildman–Crippen LogP) is 3.80. The van der Waals surface area contributed by atoms with Crippen LogP contribution in [0.25, 0.3) is 11.3 Å². The van der Waals surface area contributed by atoms with Gasteiger partial charge in [0.05, 0.1) is 30.4 Å². The minimum atomic E-state index is -0.436. The van der Waals surface area contributed by atoms with E-state index in [0.29, 0.717) is 28.5 Å². The Bertz CT molecular complexity index is 1040. The second kappa shape index (κ2) is 8.26. The third-order valence-electron chi connectivity index (χ3n) is 3.90.